The van der Waals surface area contributed by atoms with Crippen LogP contribution in [0.1, 0.15) is 37.8 Å². The van der Waals surface area contributed by atoms with Gasteiger partial charge in [0, 0.05) is 65.8 Å². The molecule has 2 heterocycles. The molecule has 1 N–H and O–H groups in total. The Bertz CT molecular complexity index is 686. The number of carbonyl (C=O) groups excluding carboxylic acids is 1. The molecule has 0 aliphatic carbocycles. The highest BCUT2D eigenvalue weighted by Crippen LogP contribution is 2.15. The van der Waals surface area contributed by atoms with Gasteiger partial charge in [-0.05, 0) is 23.5 Å². The number of piperazine rings is 1. The average Bonchev–Trinajstić information content (AvgIpc) is 3.08. The number of nitrogens with one attached hydrogen (secondary N) is 1. The fourth-order valence-electron chi connectivity index (χ4n) is 4.10. The fraction of sp³-hybridized carbons (Fsp3) is 0.636. The summed E-state index contributed by atoms with van der Waals surface area (Å²) in [6.45, 7) is 12.3. The van der Waals surface area contributed by atoms with Crippen molar-refractivity contribution >= 4 is 35.8 Å². The SMILES string of the molecule is CN=C(NCc1cccc(CN2CCCC2=O)c1)N1CCN(CC(C)C)CC1.I. The van der Waals surface area contributed by atoms with Crippen LogP contribution in [0.5, 0.6) is 0 Å². The van der Waals surface area contributed by atoms with Gasteiger partial charge in [-0.1, -0.05) is 38.1 Å². The van der Waals surface area contributed by atoms with Gasteiger partial charge in [0.15, 0.2) is 5.96 Å². The van der Waals surface area contributed by atoms with E-state index in [9.17, 15) is 4.79 Å². The number of carbonyl (C=O) groups is 1. The normalized spacial score (nSPS) is 18.3. The molecule has 29 heavy (non-hydrogen) atoms. The zero-order chi connectivity index (χ0) is 19.9. The molecule has 0 radical (unpaired) electrons. The van der Waals surface area contributed by atoms with E-state index in [1.165, 1.54) is 17.7 Å². The molecule has 1 aromatic carbocycles. The summed E-state index contributed by atoms with van der Waals surface area (Å²) < 4.78 is 0. The maximum Gasteiger partial charge on any atom is 0.222 e. The molecule has 2 aliphatic heterocycles. The number of guanidine groups is 1. The summed E-state index contributed by atoms with van der Waals surface area (Å²) >= 11 is 0. The summed E-state index contributed by atoms with van der Waals surface area (Å²) in [5.74, 6) is 1.97. The van der Waals surface area contributed by atoms with E-state index < -0.39 is 0 Å². The van der Waals surface area contributed by atoms with Gasteiger partial charge in [-0.25, -0.2) is 0 Å². The van der Waals surface area contributed by atoms with Crippen LogP contribution >= 0.6 is 24.0 Å². The molecular formula is C22H36IN5O. The van der Waals surface area contributed by atoms with Crippen LogP contribution in [0.4, 0.5) is 0 Å². The molecule has 0 bridgehead atoms. The molecule has 0 saturated carbocycles. The van der Waals surface area contributed by atoms with Crippen LogP contribution in [-0.4, -0.2) is 72.9 Å². The smallest absolute Gasteiger partial charge is 0.222 e. The van der Waals surface area contributed by atoms with Crippen molar-refractivity contribution in [2.45, 2.75) is 39.8 Å². The van der Waals surface area contributed by atoms with Crippen molar-refractivity contribution in [3.8, 4) is 0 Å². The molecule has 0 unspecified atom stereocenters. The van der Waals surface area contributed by atoms with Crippen molar-refractivity contribution < 1.29 is 4.79 Å². The van der Waals surface area contributed by atoms with Crippen molar-refractivity contribution in [2.24, 2.45) is 10.9 Å². The van der Waals surface area contributed by atoms with Crippen molar-refractivity contribution in [2.75, 3.05) is 46.3 Å². The van der Waals surface area contributed by atoms with Gasteiger partial charge in [-0.3, -0.25) is 14.7 Å². The quantitative estimate of drug-likeness (QED) is 0.361. The minimum atomic E-state index is 0. The summed E-state index contributed by atoms with van der Waals surface area (Å²) in [4.78, 5) is 23.2. The molecule has 0 aromatic heterocycles. The van der Waals surface area contributed by atoms with Crippen LogP contribution < -0.4 is 5.32 Å². The Balaban J connectivity index is 0.00000300. The predicted molar refractivity (Wildman–Crippen MR) is 130 cm³/mol. The molecule has 2 fully saturated rings. The van der Waals surface area contributed by atoms with Crippen LogP contribution in [0.25, 0.3) is 0 Å². The van der Waals surface area contributed by atoms with Gasteiger partial charge in [0.25, 0.3) is 0 Å². The van der Waals surface area contributed by atoms with Gasteiger partial charge in [-0.2, -0.15) is 0 Å². The number of amides is 1. The number of halogens is 1. The highest BCUT2D eigenvalue weighted by molar-refractivity contribution is 14.0. The first kappa shape index (κ1) is 23.9. The summed E-state index contributed by atoms with van der Waals surface area (Å²) in [5, 5.41) is 3.52. The van der Waals surface area contributed by atoms with E-state index in [4.69, 9.17) is 0 Å². The molecule has 1 aromatic rings. The third-order valence-corrected chi connectivity index (χ3v) is 5.49. The Morgan fingerprint density at radius 2 is 1.86 bits per heavy atom. The van der Waals surface area contributed by atoms with Crippen LogP contribution in [0.2, 0.25) is 0 Å². The second-order valence-corrected chi connectivity index (χ2v) is 8.32. The van der Waals surface area contributed by atoms with Gasteiger partial charge in [0.1, 0.15) is 0 Å². The van der Waals surface area contributed by atoms with E-state index in [1.807, 2.05) is 11.9 Å². The third-order valence-electron chi connectivity index (χ3n) is 5.49. The monoisotopic (exact) mass is 513 g/mol. The first-order valence-corrected chi connectivity index (χ1v) is 10.6. The maximum atomic E-state index is 11.9. The Kier molecular flexibility index (Phi) is 9.68. The van der Waals surface area contributed by atoms with Gasteiger partial charge >= 0.3 is 0 Å². The van der Waals surface area contributed by atoms with E-state index in [-0.39, 0.29) is 29.9 Å². The van der Waals surface area contributed by atoms with Crippen molar-refractivity contribution in [3.63, 3.8) is 0 Å². The average molecular weight is 513 g/mol. The van der Waals surface area contributed by atoms with Crippen molar-refractivity contribution in [1.82, 2.24) is 20.0 Å². The molecule has 0 atom stereocenters. The number of likely N-dealkylation sites (tertiary alicyclic amines) is 1. The van der Waals surface area contributed by atoms with Gasteiger partial charge in [0.2, 0.25) is 5.91 Å². The lowest BCUT2D eigenvalue weighted by molar-refractivity contribution is -0.128. The third kappa shape index (κ3) is 7.13. The Hall–Kier alpha value is -1.35. The number of hydrogen-bond acceptors (Lipinski definition) is 3. The molecule has 7 heteroatoms. The van der Waals surface area contributed by atoms with E-state index in [0.29, 0.717) is 12.3 Å². The first-order valence-electron chi connectivity index (χ1n) is 10.6. The summed E-state index contributed by atoms with van der Waals surface area (Å²) in [6.07, 6.45) is 1.68. The second kappa shape index (κ2) is 11.7. The van der Waals surface area contributed by atoms with Crippen LogP contribution in [0, 0.1) is 5.92 Å². The minimum Gasteiger partial charge on any atom is -0.352 e. The molecule has 6 nitrogen and oxygen atoms in total. The van der Waals surface area contributed by atoms with Crippen molar-refractivity contribution in [3.05, 3.63) is 35.4 Å². The number of nitrogens with zero attached hydrogens (tertiary/aromatic N) is 4. The highest BCUT2D eigenvalue weighted by Gasteiger charge is 2.21. The molecule has 2 saturated heterocycles. The lowest BCUT2D eigenvalue weighted by Gasteiger charge is -2.37. The standard InChI is InChI=1S/C22H35N5O.HI/c1-18(2)16-25-10-12-26(13-11-25)22(23-3)24-15-19-6-4-7-20(14-19)17-27-9-5-8-21(27)28;/h4,6-7,14,18H,5,8-13,15-17H2,1-3H3,(H,23,24);1H. The summed E-state index contributed by atoms with van der Waals surface area (Å²) in [6, 6.07) is 8.53. The minimum absolute atomic E-state index is 0. The van der Waals surface area contributed by atoms with E-state index in [0.717, 1.165) is 58.2 Å². The predicted octanol–water partition coefficient (Wildman–Crippen LogP) is 2.78. The number of rotatable bonds is 6. The topological polar surface area (TPSA) is 51.2 Å². The number of hydrogen-bond donors (Lipinski definition) is 1. The number of aliphatic imine (C=N–C) groups is 1. The van der Waals surface area contributed by atoms with Gasteiger partial charge < -0.3 is 15.1 Å². The Morgan fingerprint density at radius 3 is 2.48 bits per heavy atom. The molecule has 162 valence electrons. The van der Waals surface area contributed by atoms with Gasteiger partial charge in [-0.15, -0.1) is 24.0 Å². The summed E-state index contributed by atoms with van der Waals surface area (Å²) in [7, 11) is 1.86. The van der Waals surface area contributed by atoms with Crippen molar-refractivity contribution in [1.29, 1.82) is 0 Å². The highest BCUT2D eigenvalue weighted by atomic mass is 127. The maximum absolute atomic E-state index is 11.9. The molecule has 0 spiro atoms. The van der Waals surface area contributed by atoms with Gasteiger partial charge in [0.05, 0.1) is 0 Å². The largest absolute Gasteiger partial charge is 0.352 e. The molecule has 2 aliphatic rings. The van der Waals surface area contributed by atoms with Crippen LogP contribution in [0.3, 0.4) is 0 Å². The Labute approximate surface area is 192 Å². The Morgan fingerprint density at radius 1 is 1.14 bits per heavy atom. The van der Waals surface area contributed by atoms with E-state index in [2.05, 4.69) is 58.2 Å². The summed E-state index contributed by atoms with van der Waals surface area (Å²) in [5.41, 5.74) is 2.43. The zero-order valence-corrected chi connectivity index (χ0v) is 20.4. The molecule has 1 amide bonds. The lowest BCUT2D eigenvalue weighted by Crippen LogP contribution is -2.52. The fourth-order valence-corrected chi connectivity index (χ4v) is 4.10. The molecular weight excluding hydrogens is 477 g/mol. The van der Waals surface area contributed by atoms with Crippen LogP contribution in [-0.2, 0) is 17.9 Å². The van der Waals surface area contributed by atoms with Crippen LogP contribution in [0.15, 0.2) is 29.3 Å². The zero-order valence-electron chi connectivity index (χ0n) is 18.1. The second-order valence-electron chi connectivity index (χ2n) is 8.32. The lowest BCUT2D eigenvalue weighted by atomic mass is 10.1. The molecule has 3 rings (SSSR count). The first-order chi connectivity index (χ1) is 13.5. The van der Waals surface area contributed by atoms with E-state index >= 15 is 0 Å². The number of benzene rings is 1. The van der Waals surface area contributed by atoms with E-state index in [1.54, 1.807) is 0 Å².